The lowest BCUT2D eigenvalue weighted by atomic mass is 9.90. The molecule has 0 spiro atoms. The van der Waals surface area contributed by atoms with Crippen molar-refractivity contribution in [3.8, 4) is 0 Å². The molecule has 0 aromatic carbocycles. The lowest BCUT2D eigenvalue weighted by Gasteiger charge is -2.41. The van der Waals surface area contributed by atoms with Crippen LogP contribution in [0, 0.1) is 5.92 Å². The van der Waals surface area contributed by atoms with Crippen molar-refractivity contribution < 1.29 is 4.74 Å². The molecule has 2 heterocycles. The van der Waals surface area contributed by atoms with E-state index in [0.29, 0.717) is 0 Å². The summed E-state index contributed by atoms with van der Waals surface area (Å²) in [6, 6.07) is 2.36. The molecule has 3 rings (SSSR count). The highest BCUT2D eigenvalue weighted by molar-refractivity contribution is 4.90. The first-order valence-corrected chi connectivity index (χ1v) is 7.91. The van der Waals surface area contributed by atoms with Gasteiger partial charge in [0.15, 0.2) is 0 Å². The van der Waals surface area contributed by atoms with E-state index in [4.69, 9.17) is 4.74 Å². The van der Waals surface area contributed by atoms with Gasteiger partial charge in [0, 0.05) is 37.9 Å². The average Bonchev–Trinajstić information content (AvgIpc) is 3.23. The van der Waals surface area contributed by atoms with Gasteiger partial charge in [-0.05, 0) is 57.9 Å². The molecular formula is C15H28N2O. The molecule has 3 heteroatoms. The standard InChI is InChI=1S/C15H28N2O/c1-12(13-6-9-18-10-7-13)17-8-2-3-15(11-17)16-14-4-5-14/h12-16H,2-11H2,1H3. The van der Waals surface area contributed by atoms with Crippen LogP contribution in [0.4, 0.5) is 0 Å². The zero-order valence-corrected chi connectivity index (χ0v) is 11.7. The van der Waals surface area contributed by atoms with Gasteiger partial charge in [-0.2, -0.15) is 0 Å². The molecule has 2 saturated heterocycles. The molecule has 0 aromatic heterocycles. The van der Waals surface area contributed by atoms with Gasteiger partial charge in [-0.25, -0.2) is 0 Å². The van der Waals surface area contributed by atoms with Gasteiger partial charge in [-0.3, -0.25) is 4.90 Å². The minimum Gasteiger partial charge on any atom is -0.381 e. The van der Waals surface area contributed by atoms with E-state index in [-0.39, 0.29) is 0 Å². The fraction of sp³-hybridized carbons (Fsp3) is 1.00. The summed E-state index contributed by atoms with van der Waals surface area (Å²) in [5.74, 6) is 0.860. The van der Waals surface area contributed by atoms with Crippen molar-refractivity contribution in [3.63, 3.8) is 0 Å². The number of piperidine rings is 1. The first-order valence-electron chi connectivity index (χ1n) is 7.91. The Bertz CT molecular complexity index is 261. The summed E-state index contributed by atoms with van der Waals surface area (Å²) in [7, 11) is 0. The monoisotopic (exact) mass is 252 g/mol. The lowest BCUT2D eigenvalue weighted by Crippen LogP contribution is -2.51. The highest BCUT2D eigenvalue weighted by Gasteiger charge is 2.31. The molecule has 0 aromatic rings. The Labute approximate surface area is 111 Å². The van der Waals surface area contributed by atoms with E-state index in [1.165, 1.54) is 51.6 Å². The summed E-state index contributed by atoms with van der Waals surface area (Å²) in [6.07, 6.45) is 8.10. The Kier molecular flexibility index (Phi) is 4.22. The maximum Gasteiger partial charge on any atom is 0.0469 e. The van der Waals surface area contributed by atoms with Gasteiger partial charge in [0.05, 0.1) is 0 Å². The van der Waals surface area contributed by atoms with Crippen LogP contribution in [0.2, 0.25) is 0 Å². The highest BCUT2D eigenvalue weighted by Crippen LogP contribution is 2.26. The van der Waals surface area contributed by atoms with E-state index >= 15 is 0 Å². The molecule has 1 aliphatic carbocycles. The van der Waals surface area contributed by atoms with Crippen molar-refractivity contribution >= 4 is 0 Å². The summed E-state index contributed by atoms with van der Waals surface area (Å²) in [4.78, 5) is 2.74. The van der Waals surface area contributed by atoms with E-state index in [2.05, 4.69) is 17.1 Å². The molecule has 0 amide bonds. The molecule has 2 aliphatic heterocycles. The van der Waals surface area contributed by atoms with Gasteiger partial charge in [0.2, 0.25) is 0 Å². The second-order valence-corrected chi connectivity index (χ2v) is 6.47. The van der Waals surface area contributed by atoms with Gasteiger partial charge in [0.1, 0.15) is 0 Å². The molecule has 1 N–H and O–H groups in total. The highest BCUT2D eigenvalue weighted by atomic mass is 16.5. The predicted octanol–water partition coefficient (Wildman–Crippen LogP) is 2.02. The van der Waals surface area contributed by atoms with Crippen molar-refractivity contribution in [1.82, 2.24) is 10.2 Å². The van der Waals surface area contributed by atoms with E-state index in [9.17, 15) is 0 Å². The second-order valence-electron chi connectivity index (χ2n) is 6.47. The molecule has 18 heavy (non-hydrogen) atoms. The number of nitrogens with zero attached hydrogens (tertiary/aromatic N) is 1. The zero-order valence-electron chi connectivity index (χ0n) is 11.7. The summed E-state index contributed by atoms with van der Waals surface area (Å²) < 4.78 is 5.49. The van der Waals surface area contributed by atoms with Gasteiger partial charge in [-0.15, -0.1) is 0 Å². The smallest absolute Gasteiger partial charge is 0.0469 e. The molecule has 0 radical (unpaired) electrons. The fourth-order valence-corrected chi connectivity index (χ4v) is 3.59. The molecule has 1 saturated carbocycles. The van der Waals surface area contributed by atoms with Crippen molar-refractivity contribution in [2.24, 2.45) is 5.92 Å². The Balaban J connectivity index is 1.50. The summed E-state index contributed by atoms with van der Waals surface area (Å²) in [6.45, 7) is 6.98. The average molecular weight is 252 g/mol. The van der Waals surface area contributed by atoms with Crippen LogP contribution >= 0.6 is 0 Å². The van der Waals surface area contributed by atoms with Crippen LogP contribution in [0.1, 0.15) is 45.4 Å². The molecule has 104 valence electrons. The van der Waals surface area contributed by atoms with Crippen LogP contribution in [-0.2, 0) is 4.74 Å². The Morgan fingerprint density at radius 1 is 1.06 bits per heavy atom. The largest absolute Gasteiger partial charge is 0.381 e. The maximum absolute atomic E-state index is 5.49. The predicted molar refractivity (Wildman–Crippen MR) is 73.8 cm³/mol. The van der Waals surface area contributed by atoms with Crippen molar-refractivity contribution in [2.75, 3.05) is 26.3 Å². The quantitative estimate of drug-likeness (QED) is 0.828. The molecule has 3 aliphatic rings. The molecule has 3 nitrogen and oxygen atoms in total. The van der Waals surface area contributed by atoms with Crippen LogP contribution in [-0.4, -0.2) is 49.3 Å². The van der Waals surface area contributed by atoms with Crippen LogP contribution in [0.3, 0.4) is 0 Å². The van der Waals surface area contributed by atoms with E-state index in [1.807, 2.05) is 0 Å². The first kappa shape index (κ1) is 12.9. The number of hydrogen-bond acceptors (Lipinski definition) is 3. The van der Waals surface area contributed by atoms with Gasteiger partial charge in [-0.1, -0.05) is 0 Å². The molecular weight excluding hydrogens is 224 g/mol. The number of hydrogen-bond donors (Lipinski definition) is 1. The third-order valence-electron chi connectivity index (χ3n) is 5.03. The third-order valence-corrected chi connectivity index (χ3v) is 5.03. The van der Waals surface area contributed by atoms with Crippen molar-refractivity contribution in [2.45, 2.75) is 63.6 Å². The SMILES string of the molecule is CC(C1CCOCC1)N1CCCC(NC2CC2)C1. The van der Waals surface area contributed by atoms with Gasteiger partial charge in [0.25, 0.3) is 0 Å². The second kappa shape index (κ2) is 5.89. The summed E-state index contributed by atoms with van der Waals surface area (Å²) >= 11 is 0. The normalized spacial score (nSPS) is 33.5. The Morgan fingerprint density at radius 3 is 2.56 bits per heavy atom. The van der Waals surface area contributed by atoms with Crippen LogP contribution in [0.15, 0.2) is 0 Å². The third kappa shape index (κ3) is 3.25. The number of rotatable bonds is 4. The van der Waals surface area contributed by atoms with Crippen LogP contribution < -0.4 is 5.32 Å². The van der Waals surface area contributed by atoms with Crippen molar-refractivity contribution in [3.05, 3.63) is 0 Å². The van der Waals surface area contributed by atoms with Crippen molar-refractivity contribution in [1.29, 1.82) is 0 Å². The molecule has 3 fully saturated rings. The van der Waals surface area contributed by atoms with Gasteiger partial charge >= 0.3 is 0 Å². The summed E-state index contributed by atoms with van der Waals surface area (Å²) in [5, 5.41) is 3.81. The zero-order chi connectivity index (χ0) is 12.4. The number of likely N-dealkylation sites (tertiary alicyclic amines) is 1. The first-order chi connectivity index (χ1) is 8.83. The van der Waals surface area contributed by atoms with E-state index in [1.54, 1.807) is 0 Å². The van der Waals surface area contributed by atoms with E-state index < -0.39 is 0 Å². The summed E-state index contributed by atoms with van der Waals surface area (Å²) in [5.41, 5.74) is 0. The molecule has 0 bridgehead atoms. The number of ether oxygens (including phenoxy) is 1. The minimum atomic E-state index is 0.748. The molecule has 2 unspecified atom stereocenters. The fourth-order valence-electron chi connectivity index (χ4n) is 3.59. The van der Waals surface area contributed by atoms with E-state index in [0.717, 1.165) is 37.3 Å². The lowest BCUT2D eigenvalue weighted by molar-refractivity contribution is 0.0214. The van der Waals surface area contributed by atoms with Crippen LogP contribution in [0.5, 0.6) is 0 Å². The maximum atomic E-state index is 5.49. The topological polar surface area (TPSA) is 24.5 Å². The molecule has 2 atom stereocenters. The Morgan fingerprint density at radius 2 is 1.83 bits per heavy atom. The number of nitrogens with one attached hydrogen (secondary N) is 1. The minimum absolute atomic E-state index is 0.748. The Hall–Kier alpha value is -0.120. The van der Waals surface area contributed by atoms with Crippen LogP contribution in [0.25, 0.3) is 0 Å². The van der Waals surface area contributed by atoms with Gasteiger partial charge < -0.3 is 10.1 Å².